The van der Waals surface area contributed by atoms with Gasteiger partial charge in [0.15, 0.2) is 0 Å². The van der Waals surface area contributed by atoms with Crippen molar-refractivity contribution in [3.8, 4) is 0 Å². The molecule has 0 saturated heterocycles. The molecular formula is C25H28N4O6. The highest BCUT2D eigenvalue weighted by Gasteiger charge is 2.40. The fourth-order valence-electron chi connectivity index (χ4n) is 3.46. The Morgan fingerprint density at radius 2 is 1.49 bits per heavy atom. The number of ether oxygens (including phenoxy) is 1. The Bertz CT molecular complexity index is 1140. The van der Waals surface area contributed by atoms with Gasteiger partial charge in [-0.05, 0) is 51.5 Å². The van der Waals surface area contributed by atoms with Crippen molar-refractivity contribution in [3.63, 3.8) is 0 Å². The van der Waals surface area contributed by atoms with Gasteiger partial charge in [-0.15, -0.1) is 0 Å². The summed E-state index contributed by atoms with van der Waals surface area (Å²) in [7, 11) is 0. The fourth-order valence-corrected chi connectivity index (χ4v) is 3.46. The summed E-state index contributed by atoms with van der Waals surface area (Å²) in [5.41, 5.74) is 0.892. The summed E-state index contributed by atoms with van der Waals surface area (Å²) in [4.78, 5) is 63.0. The van der Waals surface area contributed by atoms with E-state index >= 15 is 0 Å². The summed E-state index contributed by atoms with van der Waals surface area (Å²) < 4.78 is 5.10. The van der Waals surface area contributed by atoms with Crippen LogP contribution in [0, 0.1) is 0 Å². The summed E-state index contributed by atoms with van der Waals surface area (Å²) in [5.74, 6) is -2.03. The van der Waals surface area contributed by atoms with Gasteiger partial charge >= 0.3 is 6.09 Å². The Labute approximate surface area is 203 Å². The summed E-state index contributed by atoms with van der Waals surface area (Å²) in [6, 6.07) is 12.2. The van der Waals surface area contributed by atoms with E-state index in [1.54, 1.807) is 69.3 Å². The zero-order valence-corrected chi connectivity index (χ0v) is 20.0. The summed E-state index contributed by atoms with van der Waals surface area (Å²) in [5, 5.41) is 7.77. The molecule has 0 radical (unpaired) electrons. The molecule has 0 fully saturated rings. The molecule has 3 rings (SSSR count). The summed E-state index contributed by atoms with van der Waals surface area (Å²) in [6.45, 7) is 6.37. The number of benzene rings is 2. The molecule has 1 atom stereocenters. The largest absolute Gasteiger partial charge is 0.444 e. The number of rotatable bonds is 7. The lowest BCUT2D eigenvalue weighted by atomic mass is 10.1. The molecule has 10 heteroatoms. The Morgan fingerprint density at radius 3 is 2.09 bits per heavy atom. The number of nitrogens with zero attached hydrogens (tertiary/aromatic N) is 1. The van der Waals surface area contributed by atoms with Crippen LogP contribution in [0.2, 0.25) is 0 Å². The highest BCUT2D eigenvalue weighted by molar-refractivity contribution is 6.22. The lowest BCUT2D eigenvalue weighted by Gasteiger charge is -2.22. The second kappa shape index (κ2) is 10.4. The molecule has 1 unspecified atom stereocenters. The van der Waals surface area contributed by atoms with E-state index in [9.17, 15) is 24.0 Å². The van der Waals surface area contributed by atoms with E-state index in [1.165, 1.54) is 6.92 Å². The number of carbonyl (C=O) groups is 5. The van der Waals surface area contributed by atoms with Gasteiger partial charge in [0.05, 0.1) is 11.1 Å². The van der Waals surface area contributed by atoms with Crippen molar-refractivity contribution in [1.29, 1.82) is 0 Å². The SMILES string of the molecule is CC(C(=O)NCc1ccccc1NC(=O)CNC(=O)OC(C)(C)C)N1C(=O)c2ccccc2C1=O. The van der Waals surface area contributed by atoms with Crippen LogP contribution in [-0.2, 0) is 20.9 Å². The predicted molar refractivity (Wildman–Crippen MR) is 128 cm³/mol. The molecule has 0 bridgehead atoms. The van der Waals surface area contributed by atoms with Crippen LogP contribution in [0.1, 0.15) is 54.0 Å². The zero-order chi connectivity index (χ0) is 25.8. The van der Waals surface area contributed by atoms with Gasteiger partial charge in [-0.3, -0.25) is 24.1 Å². The lowest BCUT2D eigenvalue weighted by molar-refractivity contribution is -0.124. The van der Waals surface area contributed by atoms with E-state index in [4.69, 9.17) is 4.74 Å². The first kappa shape index (κ1) is 25.4. The van der Waals surface area contributed by atoms with E-state index in [0.717, 1.165) is 4.90 Å². The normalized spacial score (nSPS) is 13.7. The fraction of sp³-hybridized carbons (Fsp3) is 0.320. The molecule has 3 N–H and O–H groups in total. The molecule has 35 heavy (non-hydrogen) atoms. The van der Waals surface area contributed by atoms with Crippen molar-refractivity contribution in [1.82, 2.24) is 15.5 Å². The first-order chi connectivity index (χ1) is 16.5. The Hall–Kier alpha value is -4.21. The molecular weight excluding hydrogens is 452 g/mol. The molecule has 0 saturated carbocycles. The van der Waals surface area contributed by atoms with Crippen LogP contribution in [0.25, 0.3) is 0 Å². The number of hydrogen-bond acceptors (Lipinski definition) is 6. The lowest BCUT2D eigenvalue weighted by Crippen LogP contribution is -2.47. The third kappa shape index (κ3) is 6.23. The van der Waals surface area contributed by atoms with Gasteiger partial charge in [-0.1, -0.05) is 30.3 Å². The molecule has 10 nitrogen and oxygen atoms in total. The quantitative estimate of drug-likeness (QED) is 0.521. The minimum absolute atomic E-state index is 0.0439. The number of carbonyl (C=O) groups excluding carboxylic acids is 5. The van der Waals surface area contributed by atoms with Crippen LogP contribution in [-0.4, -0.2) is 52.8 Å². The van der Waals surface area contributed by atoms with E-state index in [0.29, 0.717) is 11.3 Å². The van der Waals surface area contributed by atoms with Crippen LogP contribution < -0.4 is 16.0 Å². The molecule has 0 spiro atoms. The third-order valence-corrected chi connectivity index (χ3v) is 5.13. The van der Waals surface area contributed by atoms with Crippen molar-refractivity contribution >= 4 is 35.4 Å². The van der Waals surface area contributed by atoms with E-state index in [1.807, 2.05) is 0 Å². The number of hydrogen-bond donors (Lipinski definition) is 3. The van der Waals surface area contributed by atoms with Crippen molar-refractivity contribution in [2.45, 2.75) is 45.9 Å². The summed E-state index contributed by atoms with van der Waals surface area (Å²) >= 11 is 0. The smallest absolute Gasteiger partial charge is 0.408 e. The highest BCUT2D eigenvalue weighted by Crippen LogP contribution is 2.24. The van der Waals surface area contributed by atoms with Gasteiger partial charge < -0.3 is 20.7 Å². The number of imide groups is 1. The maximum absolute atomic E-state index is 12.8. The molecule has 0 aromatic heterocycles. The van der Waals surface area contributed by atoms with E-state index in [-0.39, 0.29) is 24.2 Å². The van der Waals surface area contributed by atoms with Gasteiger partial charge in [0, 0.05) is 12.2 Å². The molecule has 0 aliphatic carbocycles. The van der Waals surface area contributed by atoms with Crippen LogP contribution in [0.3, 0.4) is 0 Å². The maximum Gasteiger partial charge on any atom is 0.408 e. The van der Waals surface area contributed by atoms with Crippen molar-refractivity contribution < 1.29 is 28.7 Å². The number of alkyl carbamates (subject to hydrolysis) is 1. The topological polar surface area (TPSA) is 134 Å². The van der Waals surface area contributed by atoms with Crippen molar-refractivity contribution in [3.05, 3.63) is 65.2 Å². The first-order valence-electron chi connectivity index (χ1n) is 11.1. The molecule has 184 valence electrons. The Kier molecular flexibility index (Phi) is 7.53. The minimum Gasteiger partial charge on any atom is -0.444 e. The van der Waals surface area contributed by atoms with Crippen LogP contribution >= 0.6 is 0 Å². The average molecular weight is 481 g/mol. The third-order valence-electron chi connectivity index (χ3n) is 5.13. The average Bonchev–Trinajstić information content (AvgIpc) is 3.05. The van der Waals surface area contributed by atoms with Gasteiger partial charge in [0.2, 0.25) is 11.8 Å². The standard InChI is InChI=1S/C25H28N4O6/c1-15(29-22(32)17-10-6-7-11-18(17)23(29)33)21(31)26-13-16-9-5-8-12-19(16)28-20(30)14-27-24(34)35-25(2,3)4/h5-12,15H,13-14H2,1-4H3,(H,26,31)(H,27,34)(H,28,30). The zero-order valence-electron chi connectivity index (χ0n) is 20.0. The number of anilines is 1. The van der Waals surface area contributed by atoms with E-state index in [2.05, 4.69) is 16.0 Å². The Morgan fingerprint density at radius 1 is 0.914 bits per heavy atom. The van der Waals surface area contributed by atoms with Gasteiger partial charge in [-0.25, -0.2) is 4.79 Å². The molecule has 1 aliphatic heterocycles. The Balaban J connectivity index is 1.57. The predicted octanol–water partition coefficient (Wildman–Crippen LogP) is 2.45. The second-order valence-corrected chi connectivity index (χ2v) is 8.98. The van der Waals surface area contributed by atoms with E-state index < -0.39 is 41.4 Å². The number of fused-ring (bicyclic) bond motifs is 1. The van der Waals surface area contributed by atoms with Gasteiger partial charge in [-0.2, -0.15) is 0 Å². The molecule has 5 amide bonds. The molecule has 1 aliphatic rings. The van der Waals surface area contributed by atoms with Crippen LogP contribution in [0.4, 0.5) is 10.5 Å². The van der Waals surface area contributed by atoms with Crippen LogP contribution in [0.5, 0.6) is 0 Å². The monoisotopic (exact) mass is 480 g/mol. The van der Waals surface area contributed by atoms with Crippen molar-refractivity contribution in [2.75, 3.05) is 11.9 Å². The summed E-state index contributed by atoms with van der Waals surface area (Å²) in [6.07, 6.45) is -0.713. The van der Waals surface area contributed by atoms with Crippen LogP contribution in [0.15, 0.2) is 48.5 Å². The number of nitrogens with one attached hydrogen (secondary N) is 3. The molecule has 2 aromatic carbocycles. The molecule has 2 aromatic rings. The van der Waals surface area contributed by atoms with Crippen molar-refractivity contribution in [2.24, 2.45) is 0 Å². The number of para-hydroxylation sites is 1. The second-order valence-electron chi connectivity index (χ2n) is 8.98. The maximum atomic E-state index is 12.8. The highest BCUT2D eigenvalue weighted by atomic mass is 16.6. The van der Waals surface area contributed by atoms with Gasteiger partial charge in [0.1, 0.15) is 18.2 Å². The van der Waals surface area contributed by atoms with Gasteiger partial charge in [0.25, 0.3) is 11.8 Å². The first-order valence-corrected chi connectivity index (χ1v) is 11.1. The molecule has 1 heterocycles. The minimum atomic E-state index is -1.03. The number of amides is 5.